The molecule has 0 saturated heterocycles. The molecular formula is C21H24N6. The summed E-state index contributed by atoms with van der Waals surface area (Å²) in [4.78, 5) is 8.63. The molecule has 0 aliphatic heterocycles. The minimum atomic E-state index is 0.362. The van der Waals surface area contributed by atoms with E-state index in [2.05, 4.69) is 40.1 Å². The molecule has 3 N–H and O–H groups in total. The van der Waals surface area contributed by atoms with Crippen molar-refractivity contribution in [2.24, 2.45) is 0 Å². The Labute approximate surface area is 159 Å². The Balaban J connectivity index is 1.81. The van der Waals surface area contributed by atoms with E-state index in [0.717, 1.165) is 40.7 Å². The van der Waals surface area contributed by atoms with Gasteiger partial charge in [0.15, 0.2) is 5.65 Å². The van der Waals surface area contributed by atoms with Gasteiger partial charge in [-0.3, -0.25) is 0 Å². The van der Waals surface area contributed by atoms with Crippen LogP contribution in [0.15, 0.2) is 24.5 Å². The van der Waals surface area contributed by atoms with Crippen molar-refractivity contribution < 1.29 is 0 Å². The fourth-order valence-electron chi connectivity index (χ4n) is 3.70. The first-order valence-electron chi connectivity index (χ1n) is 9.46. The number of nitrogens with zero attached hydrogens (tertiary/aromatic N) is 4. The van der Waals surface area contributed by atoms with Crippen molar-refractivity contribution >= 4 is 22.5 Å². The fraction of sp³-hybridized carbons (Fsp3) is 0.381. The second kappa shape index (κ2) is 7.28. The van der Waals surface area contributed by atoms with Crippen molar-refractivity contribution in [3.63, 3.8) is 0 Å². The predicted octanol–water partition coefficient (Wildman–Crippen LogP) is 3.66. The van der Waals surface area contributed by atoms with Gasteiger partial charge in [0.25, 0.3) is 0 Å². The Morgan fingerprint density at radius 3 is 2.74 bits per heavy atom. The summed E-state index contributed by atoms with van der Waals surface area (Å²) < 4.78 is 2.02. The molecule has 27 heavy (non-hydrogen) atoms. The highest BCUT2D eigenvalue weighted by Crippen LogP contribution is 2.32. The number of nitrogens with one attached hydrogen (secondary N) is 1. The molecule has 0 atom stereocenters. The Morgan fingerprint density at radius 2 is 1.96 bits per heavy atom. The number of benzene rings is 1. The second-order valence-corrected chi connectivity index (χ2v) is 7.07. The maximum atomic E-state index is 6.16. The van der Waals surface area contributed by atoms with E-state index < -0.39 is 0 Å². The zero-order valence-corrected chi connectivity index (χ0v) is 15.8. The number of rotatable bonds is 2. The summed E-state index contributed by atoms with van der Waals surface area (Å²) in [5.74, 6) is 6.93. The van der Waals surface area contributed by atoms with Gasteiger partial charge in [0, 0.05) is 18.3 Å². The van der Waals surface area contributed by atoms with Crippen molar-refractivity contribution in [1.29, 1.82) is 0 Å². The molecule has 2 aromatic heterocycles. The Kier molecular flexibility index (Phi) is 4.68. The van der Waals surface area contributed by atoms with Crippen LogP contribution in [0.5, 0.6) is 0 Å². The van der Waals surface area contributed by atoms with Crippen LogP contribution in [0.25, 0.3) is 11.0 Å². The highest BCUT2D eigenvalue weighted by molar-refractivity contribution is 5.90. The van der Waals surface area contributed by atoms with Crippen molar-refractivity contribution in [2.75, 3.05) is 18.1 Å². The number of nitrogen functional groups attached to an aromatic ring is 1. The minimum absolute atomic E-state index is 0.362. The van der Waals surface area contributed by atoms with Crippen LogP contribution < -0.4 is 11.1 Å². The number of hydrogen-bond acceptors (Lipinski definition) is 5. The van der Waals surface area contributed by atoms with Crippen LogP contribution in [-0.4, -0.2) is 26.8 Å². The van der Waals surface area contributed by atoms with Gasteiger partial charge in [-0.15, -0.1) is 0 Å². The number of nitrogens with two attached hydrogens (primary N) is 1. The summed E-state index contributed by atoms with van der Waals surface area (Å²) in [5.41, 5.74) is 10.7. The van der Waals surface area contributed by atoms with Crippen molar-refractivity contribution in [3.8, 4) is 11.8 Å². The Bertz CT molecular complexity index is 1030. The van der Waals surface area contributed by atoms with Gasteiger partial charge in [0.1, 0.15) is 17.8 Å². The van der Waals surface area contributed by atoms with Crippen LogP contribution in [0.2, 0.25) is 0 Å². The van der Waals surface area contributed by atoms with Crippen LogP contribution in [0, 0.1) is 18.8 Å². The van der Waals surface area contributed by atoms with Crippen LogP contribution in [0.4, 0.5) is 11.5 Å². The van der Waals surface area contributed by atoms with Gasteiger partial charge in [-0.2, -0.15) is 5.10 Å². The second-order valence-electron chi connectivity index (χ2n) is 7.07. The van der Waals surface area contributed by atoms with Gasteiger partial charge in [-0.05, 0) is 43.4 Å². The first-order chi connectivity index (χ1) is 13.2. The molecule has 0 unspecified atom stereocenters. The highest BCUT2D eigenvalue weighted by atomic mass is 15.3. The molecule has 1 aliphatic carbocycles. The third-order valence-electron chi connectivity index (χ3n) is 5.28. The van der Waals surface area contributed by atoms with E-state index in [1.165, 1.54) is 25.6 Å². The fourth-order valence-corrected chi connectivity index (χ4v) is 3.70. The smallest absolute Gasteiger partial charge is 0.164 e. The average Bonchev–Trinajstić information content (AvgIpc) is 3.08. The maximum Gasteiger partial charge on any atom is 0.164 e. The van der Waals surface area contributed by atoms with Gasteiger partial charge in [0.2, 0.25) is 0 Å². The molecule has 0 spiro atoms. The molecule has 1 fully saturated rings. The lowest BCUT2D eigenvalue weighted by atomic mass is 9.96. The maximum absolute atomic E-state index is 6.16. The lowest BCUT2D eigenvalue weighted by Gasteiger charge is -2.22. The van der Waals surface area contributed by atoms with E-state index >= 15 is 0 Å². The van der Waals surface area contributed by atoms with E-state index in [9.17, 15) is 0 Å². The number of aryl methyl sites for hydroxylation is 1. The van der Waals surface area contributed by atoms with E-state index in [1.54, 1.807) is 0 Å². The third kappa shape index (κ3) is 3.33. The van der Waals surface area contributed by atoms with E-state index in [0.29, 0.717) is 17.6 Å². The summed E-state index contributed by atoms with van der Waals surface area (Å²) in [6.07, 6.45) is 7.50. The van der Waals surface area contributed by atoms with Gasteiger partial charge in [0.05, 0.1) is 11.4 Å². The number of hydrogen-bond donors (Lipinski definition) is 2. The number of aromatic nitrogens is 4. The van der Waals surface area contributed by atoms with E-state index in [-0.39, 0.29) is 0 Å². The molecule has 6 heteroatoms. The van der Waals surface area contributed by atoms with E-state index in [4.69, 9.17) is 10.8 Å². The predicted molar refractivity (Wildman–Crippen MR) is 109 cm³/mol. The van der Waals surface area contributed by atoms with Crippen molar-refractivity contribution in [3.05, 3.63) is 41.3 Å². The van der Waals surface area contributed by atoms with Gasteiger partial charge in [-0.25, -0.2) is 14.6 Å². The number of fused-ring (bicyclic) bond motifs is 1. The summed E-state index contributed by atoms with van der Waals surface area (Å²) in [6, 6.07) is 6.51. The van der Waals surface area contributed by atoms with Gasteiger partial charge < -0.3 is 11.1 Å². The molecule has 1 aromatic carbocycles. The molecule has 3 aromatic rings. The molecule has 0 amide bonds. The molecule has 0 bridgehead atoms. The molecule has 4 rings (SSSR count). The molecule has 0 radical (unpaired) electrons. The average molecular weight is 360 g/mol. The first-order valence-corrected chi connectivity index (χ1v) is 9.46. The Morgan fingerprint density at radius 1 is 1.15 bits per heavy atom. The highest BCUT2D eigenvalue weighted by Gasteiger charge is 2.22. The molecule has 138 valence electrons. The zero-order valence-electron chi connectivity index (χ0n) is 15.8. The molecule has 2 heterocycles. The minimum Gasteiger partial charge on any atom is -0.388 e. The number of anilines is 2. The molecule has 1 aliphatic rings. The lowest BCUT2D eigenvalue weighted by Crippen LogP contribution is -2.14. The van der Waals surface area contributed by atoms with Crippen molar-refractivity contribution in [2.45, 2.75) is 45.1 Å². The molecular weight excluding hydrogens is 336 g/mol. The SMILES string of the molecule is CNc1ccc(C)c(C#Cc2nn(C3CCCCC3)c3ncnc(N)c23)c1. The van der Waals surface area contributed by atoms with Crippen LogP contribution >= 0.6 is 0 Å². The summed E-state index contributed by atoms with van der Waals surface area (Å²) >= 11 is 0. The summed E-state index contributed by atoms with van der Waals surface area (Å²) in [7, 11) is 1.90. The normalized spacial score (nSPS) is 14.7. The Hall–Kier alpha value is -3.07. The standard InChI is InChI=1S/C21H24N6/c1-14-8-10-16(23-2)12-15(14)9-11-18-19-20(22)24-13-25-21(19)27(26-18)17-6-4-3-5-7-17/h8,10,12-13,17,23H,3-7H2,1-2H3,(H2,22,24,25). The quantitative estimate of drug-likeness (QED) is 0.682. The van der Waals surface area contributed by atoms with Gasteiger partial charge in [-0.1, -0.05) is 31.2 Å². The van der Waals surface area contributed by atoms with Crippen LogP contribution in [0.1, 0.15) is 55.0 Å². The largest absolute Gasteiger partial charge is 0.388 e. The monoisotopic (exact) mass is 360 g/mol. The molecule has 1 saturated carbocycles. The molecule has 6 nitrogen and oxygen atoms in total. The van der Waals surface area contributed by atoms with Crippen LogP contribution in [-0.2, 0) is 0 Å². The third-order valence-corrected chi connectivity index (χ3v) is 5.28. The van der Waals surface area contributed by atoms with Crippen molar-refractivity contribution in [1.82, 2.24) is 19.7 Å². The van der Waals surface area contributed by atoms with Crippen LogP contribution in [0.3, 0.4) is 0 Å². The summed E-state index contributed by atoms with van der Waals surface area (Å²) in [6.45, 7) is 2.06. The van der Waals surface area contributed by atoms with E-state index in [1.807, 2.05) is 23.9 Å². The van der Waals surface area contributed by atoms with Gasteiger partial charge >= 0.3 is 0 Å². The topological polar surface area (TPSA) is 81.7 Å². The lowest BCUT2D eigenvalue weighted by molar-refractivity contribution is 0.335. The first kappa shape index (κ1) is 17.3. The summed E-state index contributed by atoms with van der Waals surface area (Å²) in [5, 5.41) is 8.72. The zero-order chi connectivity index (χ0) is 18.8.